The van der Waals surface area contributed by atoms with Gasteiger partial charge >= 0.3 is 0 Å². The first-order chi connectivity index (χ1) is 14.7. The van der Waals surface area contributed by atoms with E-state index in [0.717, 1.165) is 30.7 Å². The lowest BCUT2D eigenvalue weighted by Crippen LogP contribution is -2.25. The number of carbonyl (C=O) groups excluding carboxylic acids is 1. The molecule has 0 unspecified atom stereocenters. The zero-order chi connectivity index (χ0) is 21.2. The van der Waals surface area contributed by atoms with Crippen molar-refractivity contribution < 1.29 is 9.18 Å². The summed E-state index contributed by atoms with van der Waals surface area (Å²) in [6.45, 7) is 3.80. The Morgan fingerprint density at radius 3 is 2.50 bits per heavy atom. The summed E-state index contributed by atoms with van der Waals surface area (Å²) < 4.78 is 15.3. The lowest BCUT2D eigenvalue weighted by atomic mass is 10.1. The Morgan fingerprint density at radius 1 is 0.967 bits per heavy atom. The van der Waals surface area contributed by atoms with Gasteiger partial charge in [-0.1, -0.05) is 51.2 Å². The lowest BCUT2D eigenvalue weighted by molar-refractivity contribution is 0.0953. The van der Waals surface area contributed by atoms with Gasteiger partial charge in [0.05, 0.1) is 11.0 Å². The number of fused-ring (bicyclic) bond motifs is 1. The molecule has 2 aromatic carbocycles. The second kappa shape index (κ2) is 11.5. The van der Waals surface area contributed by atoms with Gasteiger partial charge in [0.25, 0.3) is 5.91 Å². The molecule has 3 rings (SSSR count). The predicted molar refractivity (Wildman–Crippen MR) is 120 cm³/mol. The lowest BCUT2D eigenvalue weighted by Gasteiger charge is -2.10. The maximum absolute atomic E-state index is 13.0. The van der Waals surface area contributed by atoms with E-state index >= 15 is 0 Å². The van der Waals surface area contributed by atoms with Crippen LogP contribution in [0.4, 0.5) is 4.39 Å². The van der Waals surface area contributed by atoms with Crippen LogP contribution in [0.25, 0.3) is 11.0 Å². The van der Waals surface area contributed by atoms with Crippen molar-refractivity contribution in [2.45, 2.75) is 64.8 Å². The van der Waals surface area contributed by atoms with E-state index in [2.05, 4.69) is 35.0 Å². The van der Waals surface area contributed by atoms with Gasteiger partial charge in [0.1, 0.15) is 11.6 Å². The highest BCUT2D eigenvalue weighted by molar-refractivity contribution is 5.94. The van der Waals surface area contributed by atoms with Gasteiger partial charge in [-0.15, -0.1) is 0 Å². The van der Waals surface area contributed by atoms with Crippen molar-refractivity contribution in [3.05, 3.63) is 65.7 Å². The normalized spacial score (nSPS) is 11.1. The van der Waals surface area contributed by atoms with E-state index in [1.165, 1.54) is 68.3 Å². The number of nitrogens with zero attached hydrogens (tertiary/aromatic N) is 2. The van der Waals surface area contributed by atoms with Crippen molar-refractivity contribution in [3.63, 3.8) is 0 Å². The molecule has 0 spiro atoms. The molecule has 0 bridgehead atoms. The highest BCUT2D eigenvalue weighted by atomic mass is 19.1. The van der Waals surface area contributed by atoms with E-state index in [4.69, 9.17) is 4.98 Å². The second-order valence-corrected chi connectivity index (χ2v) is 7.80. The van der Waals surface area contributed by atoms with Crippen LogP contribution < -0.4 is 5.32 Å². The zero-order valence-corrected chi connectivity index (χ0v) is 17.9. The zero-order valence-electron chi connectivity index (χ0n) is 17.9. The Labute approximate surface area is 178 Å². The summed E-state index contributed by atoms with van der Waals surface area (Å²) in [6, 6.07) is 13.9. The first-order valence-electron chi connectivity index (χ1n) is 11.2. The SMILES string of the molecule is CCCCCCCCn1c(CCCNC(=O)c2ccc(F)cc2)nc2ccccc21. The van der Waals surface area contributed by atoms with E-state index in [9.17, 15) is 9.18 Å². The summed E-state index contributed by atoms with van der Waals surface area (Å²) >= 11 is 0. The smallest absolute Gasteiger partial charge is 0.251 e. The fraction of sp³-hybridized carbons (Fsp3) is 0.440. The quantitative estimate of drug-likeness (QED) is 0.379. The molecule has 5 heteroatoms. The number of hydrogen-bond donors (Lipinski definition) is 1. The number of aryl methyl sites for hydroxylation is 2. The maximum atomic E-state index is 13.0. The molecule has 0 fully saturated rings. The van der Waals surface area contributed by atoms with Crippen molar-refractivity contribution in [1.82, 2.24) is 14.9 Å². The van der Waals surface area contributed by atoms with Crippen LogP contribution in [0.5, 0.6) is 0 Å². The van der Waals surface area contributed by atoms with Gasteiger partial charge in [0.2, 0.25) is 0 Å². The molecule has 0 saturated carbocycles. The summed E-state index contributed by atoms with van der Waals surface area (Å²) in [5.74, 6) is 0.576. The molecule has 1 amide bonds. The first kappa shape index (κ1) is 22.0. The fourth-order valence-corrected chi connectivity index (χ4v) is 3.77. The van der Waals surface area contributed by atoms with Crippen LogP contribution in [0, 0.1) is 5.82 Å². The van der Waals surface area contributed by atoms with E-state index in [0.29, 0.717) is 12.1 Å². The molecule has 0 aliphatic rings. The molecule has 1 N–H and O–H groups in total. The molecular weight excluding hydrogens is 377 g/mol. The minimum Gasteiger partial charge on any atom is -0.352 e. The molecule has 160 valence electrons. The molecule has 3 aromatic rings. The van der Waals surface area contributed by atoms with Gasteiger partial charge in [0.15, 0.2) is 0 Å². The summed E-state index contributed by atoms with van der Waals surface area (Å²) in [5, 5.41) is 2.92. The number of aromatic nitrogens is 2. The molecule has 0 aliphatic carbocycles. The number of halogens is 1. The third kappa shape index (κ3) is 6.15. The van der Waals surface area contributed by atoms with Crippen LogP contribution in [0.1, 0.15) is 68.1 Å². The minimum atomic E-state index is -0.337. The second-order valence-electron chi connectivity index (χ2n) is 7.80. The number of carbonyl (C=O) groups is 1. The predicted octanol–water partition coefficient (Wildman–Crippen LogP) is 5.90. The van der Waals surface area contributed by atoms with E-state index < -0.39 is 0 Å². The van der Waals surface area contributed by atoms with E-state index in [1.54, 1.807) is 0 Å². The average molecular weight is 410 g/mol. The summed E-state index contributed by atoms with van der Waals surface area (Å²) in [6.07, 6.45) is 9.25. The van der Waals surface area contributed by atoms with E-state index in [1.807, 2.05) is 6.07 Å². The molecule has 0 saturated heterocycles. The molecule has 0 radical (unpaired) electrons. The number of nitrogens with one attached hydrogen (secondary N) is 1. The van der Waals surface area contributed by atoms with Gasteiger partial charge in [-0.05, 0) is 49.2 Å². The molecule has 0 atom stereocenters. The maximum Gasteiger partial charge on any atom is 0.251 e. The van der Waals surface area contributed by atoms with Crippen molar-refractivity contribution in [1.29, 1.82) is 0 Å². The first-order valence-corrected chi connectivity index (χ1v) is 11.2. The number of benzene rings is 2. The number of rotatable bonds is 12. The summed E-state index contributed by atoms with van der Waals surface area (Å²) in [5.41, 5.74) is 2.71. The van der Waals surface area contributed by atoms with Crippen molar-refractivity contribution in [2.75, 3.05) is 6.54 Å². The van der Waals surface area contributed by atoms with Gasteiger partial charge in [0, 0.05) is 25.1 Å². The van der Waals surface area contributed by atoms with Crippen LogP contribution in [-0.4, -0.2) is 22.0 Å². The van der Waals surface area contributed by atoms with Crippen LogP contribution in [-0.2, 0) is 13.0 Å². The van der Waals surface area contributed by atoms with Gasteiger partial charge in [-0.25, -0.2) is 9.37 Å². The van der Waals surface area contributed by atoms with Crippen molar-refractivity contribution in [2.24, 2.45) is 0 Å². The molecule has 1 heterocycles. The average Bonchev–Trinajstić information content (AvgIpc) is 3.11. The monoisotopic (exact) mass is 409 g/mol. The number of amides is 1. The standard InChI is InChI=1S/C25H32FN3O/c1-2-3-4-5-6-9-19-29-23-12-8-7-11-22(23)28-24(29)13-10-18-27-25(30)20-14-16-21(26)17-15-20/h7-8,11-12,14-17H,2-6,9-10,13,18-19H2,1H3,(H,27,30). The number of para-hydroxylation sites is 2. The van der Waals surface area contributed by atoms with Crippen molar-refractivity contribution in [3.8, 4) is 0 Å². The van der Waals surface area contributed by atoms with E-state index in [-0.39, 0.29) is 11.7 Å². The fourth-order valence-electron chi connectivity index (χ4n) is 3.77. The summed E-state index contributed by atoms with van der Waals surface area (Å²) in [4.78, 5) is 17.0. The number of unbranched alkanes of at least 4 members (excludes halogenated alkanes) is 5. The minimum absolute atomic E-state index is 0.171. The van der Waals surface area contributed by atoms with Crippen molar-refractivity contribution >= 4 is 16.9 Å². The number of imidazole rings is 1. The molecule has 4 nitrogen and oxygen atoms in total. The molecule has 0 aliphatic heterocycles. The summed E-state index contributed by atoms with van der Waals surface area (Å²) in [7, 11) is 0. The Bertz CT molecular complexity index is 933. The Kier molecular flexibility index (Phi) is 8.42. The third-order valence-corrected chi connectivity index (χ3v) is 5.44. The molecule has 30 heavy (non-hydrogen) atoms. The third-order valence-electron chi connectivity index (χ3n) is 5.44. The van der Waals surface area contributed by atoms with Crippen LogP contribution in [0.3, 0.4) is 0 Å². The van der Waals surface area contributed by atoms with Crippen LogP contribution in [0.2, 0.25) is 0 Å². The molecular formula is C25H32FN3O. The van der Waals surface area contributed by atoms with Crippen LogP contribution in [0.15, 0.2) is 48.5 Å². The van der Waals surface area contributed by atoms with Gasteiger partial charge < -0.3 is 9.88 Å². The Morgan fingerprint density at radius 2 is 1.70 bits per heavy atom. The highest BCUT2D eigenvalue weighted by Crippen LogP contribution is 2.18. The number of hydrogen-bond acceptors (Lipinski definition) is 2. The van der Waals surface area contributed by atoms with Crippen LogP contribution >= 0.6 is 0 Å². The Hall–Kier alpha value is -2.69. The molecule has 1 aromatic heterocycles. The van der Waals surface area contributed by atoms with Gasteiger partial charge in [-0.3, -0.25) is 4.79 Å². The topological polar surface area (TPSA) is 46.9 Å². The highest BCUT2D eigenvalue weighted by Gasteiger charge is 2.11. The van der Waals surface area contributed by atoms with Gasteiger partial charge in [-0.2, -0.15) is 0 Å². The Balaban J connectivity index is 1.53. The largest absolute Gasteiger partial charge is 0.352 e.